The van der Waals surface area contributed by atoms with Crippen molar-refractivity contribution in [1.29, 1.82) is 0 Å². The maximum absolute atomic E-state index is 14.0. The fourth-order valence-electron chi connectivity index (χ4n) is 5.28. The molecule has 2 amide bonds. The second kappa shape index (κ2) is 16.6. The van der Waals surface area contributed by atoms with Crippen molar-refractivity contribution in [3.63, 3.8) is 0 Å². The third-order valence-electron chi connectivity index (χ3n) is 7.40. The minimum Gasteiger partial charge on any atom is -0.448 e. The number of esters is 1. The van der Waals surface area contributed by atoms with Crippen LogP contribution in [-0.2, 0) is 39.8 Å². The number of halogens is 1. The van der Waals surface area contributed by atoms with Gasteiger partial charge in [0.1, 0.15) is 12.3 Å². The topological polar surface area (TPSA) is 103 Å². The van der Waals surface area contributed by atoms with Gasteiger partial charge in [-0.2, -0.15) is 0 Å². The SMILES string of the molecule is CCOC(CBr)(CO[C@@H]1[C@H](NC(=O)Cc2ccccc2)C(=O)N1C(C(=O)OC(c1ccccc1)c1ccccc1)=C(C)C)OCC. The number of carbonyl (C=O) groups excluding carboxylic acids is 3. The normalized spacial score (nSPS) is 16.1. The highest BCUT2D eigenvalue weighted by atomic mass is 79.9. The number of amides is 2. The van der Waals surface area contributed by atoms with Crippen LogP contribution >= 0.6 is 15.9 Å². The van der Waals surface area contributed by atoms with E-state index in [-0.39, 0.29) is 24.6 Å². The van der Waals surface area contributed by atoms with Crippen LogP contribution in [0.3, 0.4) is 0 Å². The van der Waals surface area contributed by atoms with Gasteiger partial charge < -0.3 is 24.3 Å². The van der Waals surface area contributed by atoms with Gasteiger partial charge in [0.15, 0.2) is 18.4 Å². The molecular weight excluding hydrogens is 652 g/mol. The first-order chi connectivity index (χ1) is 22.2. The van der Waals surface area contributed by atoms with Crippen molar-refractivity contribution in [2.45, 2.75) is 58.3 Å². The van der Waals surface area contributed by atoms with Crippen LogP contribution in [-0.4, -0.2) is 65.9 Å². The molecule has 4 rings (SSSR count). The molecule has 244 valence electrons. The molecule has 0 bridgehead atoms. The number of likely N-dealkylation sites (tertiary alicyclic amines) is 1. The highest BCUT2D eigenvalue weighted by Gasteiger charge is 2.54. The zero-order valence-electron chi connectivity index (χ0n) is 26.6. The fraction of sp³-hybridized carbons (Fsp3) is 0.361. The second-order valence-corrected chi connectivity index (χ2v) is 11.5. The molecule has 3 aromatic rings. The molecule has 1 fully saturated rings. The Morgan fingerprint density at radius 3 is 1.87 bits per heavy atom. The van der Waals surface area contributed by atoms with Gasteiger partial charge in [0, 0.05) is 13.2 Å². The molecule has 2 atom stereocenters. The van der Waals surface area contributed by atoms with Gasteiger partial charge in [0.05, 0.1) is 11.8 Å². The molecule has 0 aliphatic carbocycles. The lowest BCUT2D eigenvalue weighted by molar-refractivity contribution is -0.263. The first kappa shape index (κ1) is 35.0. The van der Waals surface area contributed by atoms with Gasteiger partial charge in [0.2, 0.25) is 11.7 Å². The molecule has 3 aromatic carbocycles. The standard InChI is InChI=1S/C36H41BrN2O7/c1-5-44-36(23-37,45-6-2)24-43-34-30(38-29(40)22-26-16-10-7-11-17-26)33(41)39(34)31(25(3)4)35(42)46-32(27-18-12-8-13-19-27)28-20-14-9-15-21-28/h7-21,30,32,34H,5-6,22-24H2,1-4H3,(H,38,40)/t30-,34-/m1/s1. The number of β-lactam (4-membered cyclic amide) rings is 1. The summed E-state index contributed by atoms with van der Waals surface area (Å²) >= 11 is 3.47. The largest absolute Gasteiger partial charge is 0.448 e. The molecule has 0 radical (unpaired) electrons. The second-order valence-electron chi connectivity index (χ2n) is 11.0. The lowest BCUT2D eigenvalue weighted by Crippen LogP contribution is -2.72. The van der Waals surface area contributed by atoms with E-state index in [0.29, 0.717) is 24.1 Å². The summed E-state index contributed by atoms with van der Waals surface area (Å²) in [5.41, 5.74) is 2.94. The van der Waals surface area contributed by atoms with Gasteiger partial charge in [-0.25, -0.2) is 4.79 Å². The molecule has 0 saturated carbocycles. The minimum absolute atomic E-state index is 0.0395. The summed E-state index contributed by atoms with van der Waals surface area (Å²) in [5, 5.41) is 3.11. The van der Waals surface area contributed by atoms with E-state index in [0.717, 1.165) is 16.7 Å². The van der Waals surface area contributed by atoms with Crippen LogP contribution in [0.15, 0.2) is 102 Å². The molecule has 1 N–H and O–H groups in total. The van der Waals surface area contributed by atoms with Crippen LogP contribution in [0.1, 0.15) is 50.5 Å². The number of nitrogens with zero attached hydrogens (tertiary/aromatic N) is 1. The van der Waals surface area contributed by atoms with Crippen LogP contribution in [0.25, 0.3) is 0 Å². The zero-order chi connectivity index (χ0) is 33.1. The summed E-state index contributed by atoms with van der Waals surface area (Å²) in [6.07, 6.45) is -1.68. The number of benzene rings is 3. The molecule has 9 nitrogen and oxygen atoms in total. The van der Waals surface area contributed by atoms with Crippen LogP contribution in [0.2, 0.25) is 0 Å². The Labute approximate surface area is 279 Å². The Balaban J connectivity index is 1.63. The van der Waals surface area contributed by atoms with Crippen molar-refractivity contribution in [2.24, 2.45) is 0 Å². The maximum atomic E-state index is 14.0. The highest BCUT2D eigenvalue weighted by Crippen LogP contribution is 2.34. The summed E-state index contributed by atoms with van der Waals surface area (Å²) in [4.78, 5) is 42.2. The summed E-state index contributed by atoms with van der Waals surface area (Å²) in [6.45, 7) is 7.76. The first-order valence-electron chi connectivity index (χ1n) is 15.3. The van der Waals surface area contributed by atoms with Crippen LogP contribution < -0.4 is 5.32 Å². The average molecular weight is 694 g/mol. The van der Waals surface area contributed by atoms with Crippen molar-refractivity contribution in [2.75, 3.05) is 25.2 Å². The third-order valence-corrected chi connectivity index (χ3v) is 8.25. The Bertz CT molecular complexity index is 1430. The number of alkyl halides is 1. The molecule has 0 spiro atoms. The van der Waals surface area contributed by atoms with Gasteiger partial charge in [-0.3, -0.25) is 14.5 Å². The molecule has 1 heterocycles. The Kier molecular flexibility index (Phi) is 12.7. The number of ether oxygens (including phenoxy) is 4. The van der Waals surface area contributed by atoms with E-state index in [1.165, 1.54) is 4.90 Å². The lowest BCUT2D eigenvalue weighted by Gasteiger charge is -2.48. The van der Waals surface area contributed by atoms with Crippen molar-refractivity contribution < 1.29 is 33.3 Å². The summed E-state index contributed by atoms with van der Waals surface area (Å²) < 4.78 is 24.3. The van der Waals surface area contributed by atoms with Gasteiger partial charge in [-0.05, 0) is 50.0 Å². The van der Waals surface area contributed by atoms with Gasteiger partial charge in [0.25, 0.3) is 5.91 Å². The fourth-order valence-corrected chi connectivity index (χ4v) is 5.77. The monoisotopic (exact) mass is 692 g/mol. The van der Waals surface area contributed by atoms with E-state index in [2.05, 4.69) is 21.2 Å². The molecule has 1 aliphatic rings. The first-order valence-corrected chi connectivity index (χ1v) is 16.5. The van der Waals surface area contributed by atoms with E-state index in [9.17, 15) is 14.4 Å². The quantitative estimate of drug-likeness (QED) is 0.0677. The van der Waals surface area contributed by atoms with E-state index >= 15 is 0 Å². The van der Waals surface area contributed by atoms with Crippen molar-refractivity contribution in [1.82, 2.24) is 10.2 Å². The highest BCUT2D eigenvalue weighted by molar-refractivity contribution is 9.09. The lowest BCUT2D eigenvalue weighted by atomic mass is 9.99. The van der Waals surface area contributed by atoms with Crippen LogP contribution in [0, 0.1) is 0 Å². The number of nitrogens with one attached hydrogen (secondary N) is 1. The maximum Gasteiger partial charge on any atom is 0.356 e. The third kappa shape index (κ3) is 8.50. The summed E-state index contributed by atoms with van der Waals surface area (Å²) in [6, 6.07) is 27.0. The number of rotatable bonds is 16. The van der Waals surface area contributed by atoms with Gasteiger partial charge in [-0.1, -0.05) is 107 Å². The number of allylic oxidation sites excluding steroid dienone is 1. The number of hydrogen-bond donors (Lipinski definition) is 1. The van der Waals surface area contributed by atoms with Gasteiger partial charge in [-0.15, -0.1) is 0 Å². The van der Waals surface area contributed by atoms with E-state index in [1.807, 2.05) is 105 Å². The van der Waals surface area contributed by atoms with E-state index in [1.54, 1.807) is 13.8 Å². The van der Waals surface area contributed by atoms with Crippen LogP contribution in [0.4, 0.5) is 0 Å². The summed E-state index contributed by atoms with van der Waals surface area (Å²) in [5.74, 6) is -2.69. The van der Waals surface area contributed by atoms with E-state index in [4.69, 9.17) is 18.9 Å². The minimum atomic E-state index is -1.15. The number of hydrogen-bond acceptors (Lipinski definition) is 7. The van der Waals surface area contributed by atoms with Crippen molar-refractivity contribution in [3.05, 3.63) is 119 Å². The smallest absolute Gasteiger partial charge is 0.356 e. The molecule has 10 heteroatoms. The van der Waals surface area contributed by atoms with Crippen molar-refractivity contribution in [3.8, 4) is 0 Å². The predicted octanol–water partition coefficient (Wildman–Crippen LogP) is 5.69. The molecule has 0 aromatic heterocycles. The Morgan fingerprint density at radius 2 is 1.39 bits per heavy atom. The number of carbonyl (C=O) groups is 3. The molecule has 46 heavy (non-hydrogen) atoms. The molecule has 0 unspecified atom stereocenters. The molecule has 1 saturated heterocycles. The molecule has 1 aliphatic heterocycles. The average Bonchev–Trinajstić information content (AvgIpc) is 3.07. The molecular formula is C36H41BrN2O7. The Morgan fingerprint density at radius 1 is 0.870 bits per heavy atom. The predicted molar refractivity (Wildman–Crippen MR) is 178 cm³/mol. The zero-order valence-corrected chi connectivity index (χ0v) is 28.2. The van der Waals surface area contributed by atoms with Crippen molar-refractivity contribution >= 4 is 33.7 Å². The van der Waals surface area contributed by atoms with Crippen LogP contribution in [0.5, 0.6) is 0 Å². The van der Waals surface area contributed by atoms with E-state index < -0.39 is 36.0 Å². The summed E-state index contributed by atoms with van der Waals surface area (Å²) in [7, 11) is 0. The van der Waals surface area contributed by atoms with Gasteiger partial charge >= 0.3 is 5.97 Å². The Hall–Kier alpha value is -3.83.